The Morgan fingerprint density at radius 3 is 0.750 bits per heavy atom. The minimum Gasteiger partial charge on any atom is -0.870 e. The maximum Gasteiger partial charge on any atom is 1.00 e. The molecule has 4 heteroatoms. The predicted octanol–water partition coefficient (Wildman–Crippen LogP) is -3.35. The molecule has 0 aromatic carbocycles. The second-order valence-electron chi connectivity index (χ2n) is 0. The zero-order valence-corrected chi connectivity index (χ0v) is 3.68. The van der Waals surface area contributed by atoms with Crippen molar-refractivity contribution < 1.29 is 52.2 Å². The summed E-state index contributed by atoms with van der Waals surface area (Å²) in [6.45, 7) is 0. The zero-order chi connectivity index (χ0) is 0. The third-order valence-electron chi connectivity index (χ3n) is 0. The van der Waals surface area contributed by atoms with Gasteiger partial charge in [0.2, 0.25) is 0 Å². The van der Waals surface area contributed by atoms with Crippen LogP contribution in [0, 0.1) is 0 Å². The summed E-state index contributed by atoms with van der Waals surface area (Å²) >= 11 is 0. The van der Waals surface area contributed by atoms with Crippen molar-refractivity contribution in [3.05, 3.63) is 0 Å². The SMILES string of the molecule is [Ag+].[Li+].[OH-].[OH-]. The summed E-state index contributed by atoms with van der Waals surface area (Å²) < 4.78 is 0. The first kappa shape index (κ1) is 60.3. The van der Waals surface area contributed by atoms with Gasteiger partial charge in [0, 0.05) is 0 Å². The van der Waals surface area contributed by atoms with Gasteiger partial charge in [0.25, 0.3) is 0 Å². The molecule has 0 aliphatic heterocycles. The molecule has 26 valence electrons. The van der Waals surface area contributed by atoms with E-state index in [0.29, 0.717) is 0 Å². The van der Waals surface area contributed by atoms with Gasteiger partial charge in [-0.25, -0.2) is 0 Å². The second kappa shape index (κ2) is 28.6. The van der Waals surface area contributed by atoms with Crippen LogP contribution >= 0.6 is 0 Å². The molecule has 4 heavy (non-hydrogen) atoms. The van der Waals surface area contributed by atoms with Gasteiger partial charge in [0.05, 0.1) is 0 Å². The molecule has 0 amide bonds. The minimum atomic E-state index is 0. The minimum absolute atomic E-state index is 0. The van der Waals surface area contributed by atoms with Crippen molar-refractivity contribution in [2.24, 2.45) is 0 Å². The van der Waals surface area contributed by atoms with Gasteiger partial charge in [0.1, 0.15) is 0 Å². The molecule has 0 bridgehead atoms. The first-order valence-corrected chi connectivity index (χ1v) is 0. The van der Waals surface area contributed by atoms with E-state index in [1.807, 2.05) is 0 Å². The smallest absolute Gasteiger partial charge is 0.870 e. The van der Waals surface area contributed by atoms with Crippen LogP contribution < -0.4 is 18.9 Å². The predicted molar refractivity (Wildman–Crippen MR) is 3.87 cm³/mol. The van der Waals surface area contributed by atoms with Crippen LogP contribution in [0.25, 0.3) is 0 Å². The molecule has 0 aliphatic rings. The number of rotatable bonds is 0. The molecular weight excluding hydrogens is 147 g/mol. The van der Waals surface area contributed by atoms with E-state index in [4.69, 9.17) is 0 Å². The fourth-order valence-corrected chi connectivity index (χ4v) is 0. The van der Waals surface area contributed by atoms with Crippen LogP contribution in [0.5, 0.6) is 0 Å². The fourth-order valence-electron chi connectivity index (χ4n) is 0. The van der Waals surface area contributed by atoms with Crippen LogP contribution in [0.15, 0.2) is 0 Å². The van der Waals surface area contributed by atoms with Crippen LogP contribution in [0.3, 0.4) is 0 Å². The molecule has 0 saturated carbocycles. The van der Waals surface area contributed by atoms with Gasteiger partial charge < -0.3 is 11.0 Å². The summed E-state index contributed by atoms with van der Waals surface area (Å²) in [6.07, 6.45) is 0. The largest absolute Gasteiger partial charge is 1.00 e. The van der Waals surface area contributed by atoms with E-state index in [0.717, 1.165) is 0 Å². The van der Waals surface area contributed by atoms with Gasteiger partial charge in [-0.3, -0.25) is 0 Å². The van der Waals surface area contributed by atoms with Crippen molar-refractivity contribution in [1.29, 1.82) is 0 Å². The average molecular weight is 149 g/mol. The van der Waals surface area contributed by atoms with E-state index < -0.39 is 0 Å². The Hall–Kier alpha value is 1.26. The van der Waals surface area contributed by atoms with Gasteiger partial charge >= 0.3 is 41.2 Å². The molecular formula is H2AgLiO2. The van der Waals surface area contributed by atoms with Gasteiger partial charge in [-0.2, -0.15) is 0 Å². The van der Waals surface area contributed by atoms with Crippen LogP contribution in [0.4, 0.5) is 0 Å². The molecule has 2 N–H and O–H groups in total. The van der Waals surface area contributed by atoms with Crippen molar-refractivity contribution in [3.8, 4) is 0 Å². The normalized spacial score (nSPS) is 0. The summed E-state index contributed by atoms with van der Waals surface area (Å²) in [6, 6.07) is 0. The van der Waals surface area contributed by atoms with Crippen molar-refractivity contribution in [2.75, 3.05) is 0 Å². The molecule has 0 spiro atoms. The number of hydrogen-bond donors (Lipinski definition) is 0. The van der Waals surface area contributed by atoms with E-state index in [-0.39, 0.29) is 52.2 Å². The molecule has 0 radical (unpaired) electrons. The van der Waals surface area contributed by atoms with E-state index in [1.54, 1.807) is 0 Å². The molecule has 2 nitrogen and oxygen atoms in total. The van der Waals surface area contributed by atoms with E-state index in [9.17, 15) is 0 Å². The Morgan fingerprint density at radius 2 is 0.750 bits per heavy atom. The maximum atomic E-state index is 0. The summed E-state index contributed by atoms with van der Waals surface area (Å²) in [5, 5.41) is 0. The standard InChI is InChI=1S/Ag.Li.2H2O/h;;2*1H2/q2*+1;;/p-2. The Kier molecular flexibility index (Phi) is 430. The molecule has 0 unspecified atom stereocenters. The number of hydrogen-bond acceptors (Lipinski definition) is 2. The molecule has 0 rings (SSSR count). The Balaban J connectivity index is 0. The molecule has 0 atom stereocenters. The maximum absolute atomic E-state index is 0. The molecule has 0 fully saturated rings. The van der Waals surface area contributed by atoms with E-state index in [1.165, 1.54) is 0 Å². The van der Waals surface area contributed by atoms with Gasteiger partial charge in [-0.1, -0.05) is 0 Å². The molecule has 0 aromatic rings. The summed E-state index contributed by atoms with van der Waals surface area (Å²) in [5.41, 5.74) is 0. The monoisotopic (exact) mass is 148 g/mol. The summed E-state index contributed by atoms with van der Waals surface area (Å²) in [5.74, 6) is 0. The van der Waals surface area contributed by atoms with Gasteiger partial charge in [-0.15, -0.1) is 0 Å². The van der Waals surface area contributed by atoms with E-state index >= 15 is 0 Å². The first-order valence-electron chi connectivity index (χ1n) is 0. The molecule has 0 saturated heterocycles. The molecule has 0 heterocycles. The Labute approximate surface area is 52.3 Å². The summed E-state index contributed by atoms with van der Waals surface area (Å²) in [7, 11) is 0. The first-order chi connectivity index (χ1) is 0. The van der Waals surface area contributed by atoms with Gasteiger partial charge in [-0.05, 0) is 0 Å². The third-order valence-corrected chi connectivity index (χ3v) is 0. The van der Waals surface area contributed by atoms with Crippen LogP contribution in [0.2, 0.25) is 0 Å². The molecule has 0 aliphatic carbocycles. The van der Waals surface area contributed by atoms with Crippen LogP contribution in [0.1, 0.15) is 0 Å². The third kappa shape index (κ3) is 10.5. The Morgan fingerprint density at radius 1 is 0.750 bits per heavy atom. The summed E-state index contributed by atoms with van der Waals surface area (Å²) in [4.78, 5) is 0. The second-order valence-corrected chi connectivity index (χ2v) is 0. The van der Waals surface area contributed by atoms with Crippen molar-refractivity contribution in [2.45, 2.75) is 0 Å². The Bertz CT molecular complexity index is 6.00. The average Bonchev–Trinajstić information content (AvgIpc) is 0. The van der Waals surface area contributed by atoms with Crippen molar-refractivity contribution in [3.63, 3.8) is 0 Å². The topological polar surface area (TPSA) is 60.0 Å². The zero-order valence-electron chi connectivity index (χ0n) is 2.20. The van der Waals surface area contributed by atoms with Crippen LogP contribution in [-0.2, 0) is 22.4 Å². The van der Waals surface area contributed by atoms with Crippen molar-refractivity contribution >= 4 is 0 Å². The van der Waals surface area contributed by atoms with E-state index in [2.05, 4.69) is 0 Å². The van der Waals surface area contributed by atoms with Gasteiger partial charge in [0.15, 0.2) is 0 Å². The van der Waals surface area contributed by atoms with Crippen molar-refractivity contribution in [1.82, 2.24) is 0 Å². The quantitative estimate of drug-likeness (QED) is 0.337. The fraction of sp³-hybridized carbons (Fsp3) is 0. The molecule has 0 aromatic heterocycles. The van der Waals surface area contributed by atoms with Crippen LogP contribution in [-0.4, -0.2) is 11.0 Å².